The minimum Gasteiger partial charge on any atom is -0.298 e. The van der Waals surface area contributed by atoms with Crippen molar-refractivity contribution in [1.82, 2.24) is 0 Å². The van der Waals surface area contributed by atoms with Gasteiger partial charge in [-0.2, -0.15) is 0 Å². The second-order valence-electron chi connectivity index (χ2n) is 9.93. The van der Waals surface area contributed by atoms with E-state index in [1.54, 1.807) is 5.20 Å². The summed E-state index contributed by atoms with van der Waals surface area (Å²) in [7, 11) is -2.57. The van der Waals surface area contributed by atoms with Crippen LogP contribution in [0.15, 0.2) is 28.5 Å². The van der Waals surface area contributed by atoms with E-state index in [2.05, 4.69) is 60.9 Å². The molecular formula is C27H55NSi2. The third-order valence-corrected chi connectivity index (χ3v) is 19.0. The van der Waals surface area contributed by atoms with Crippen molar-refractivity contribution in [2.45, 2.75) is 136 Å². The van der Waals surface area contributed by atoms with Crippen molar-refractivity contribution in [2.75, 3.05) is 6.54 Å². The topological polar surface area (TPSA) is 12.4 Å². The van der Waals surface area contributed by atoms with Gasteiger partial charge in [0.2, 0.25) is 0 Å². The van der Waals surface area contributed by atoms with E-state index in [0.717, 1.165) is 6.54 Å². The molecule has 0 radical (unpaired) electrons. The van der Waals surface area contributed by atoms with E-state index in [9.17, 15) is 0 Å². The molecular weight excluding hydrogens is 394 g/mol. The lowest BCUT2D eigenvalue weighted by atomic mass is 10.1. The SMILES string of the molecule is C=C(C)[Si](CC=NCCCCCCC[Si](CCC)(CCC)C(=C)C)(CCC)CCC. The molecule has 3 heteroatoms. The zero-order valence-corrected chi connectivity index (χ0v) is 23.8. The number of hydrogen-bond donors (Lipinski definition) is 0. The molecule has 0 rings (SSSR count). The Kier molecular flexibility index (Phi) is 16.9. The number of nitrogens with zero attached hydrogens (tertiary/aromatic N) is 1. The first-order chi connectivity index (χ1) is 14.3. The lowest BCUT2D eigenvalue weighted by Crippen LogP contribution is -2.35. The summed E-state index contributed by atoms with van der Waals surface area (Å²) in [5.41, 5.74) is 0. The van der Waals surface area contributed by atoms with Gasteiger partial charge in [0, 0.05) is 6.54 Å². The maximum atomic E-state index is 4.80. The molecule has 176 valence electrons. The van der Waals surface area contributed by atoms with Gasteiger partial charge in [0.15, 0.2) is 0 Å². The van der Waals surface area contributed by atoms with Gasteiger partial charge in [0.1, 0.15) is 0 Å². The Hall–Kier alpha value is -0.416. The summed E-state index contributed by atoms with van der Waals surface area (Å²) < 4.78 is 0. The van der Waals surface area contributed by atoms with Crippen LogP contribution in [0, 0.1) is 0 Å². The lowest BCUT2D eigenvalue weighted by molar-refractivity contribution is 0.634. The number of aliphatic imine (C=N–C) groups is 1. The van der Waals surface area contributed by atoms with Crippen LogP contribution in [-0.2, 0) is 0 Å². The number of hydrogen-bond acceptors (Lipinski definition) is 1. The highest BCUT2D eigenvalue weighted by atomic mass is 28.3. The van der Waals surface area contributed by atoms with Crippen molar-refractivity contribution in [3.8, 4) is 0 Å². The Bertz CT molecular complexity index is 483. The molecule has 0 aromatic carbocycles. The standard InChI is InChI=1S/C27H55NSi2/c1-9-20-29(21-10-2,26(5)6)24-17-15-13-14-16-18-28-19-25-30(22-11-3,23-12-4)27(7)8/h19H,5,7,9-18,20-25H2,1-4,6,8H3. The van der Waals surface area contributed by atoms with E-state index < -0.39 is 16.1 Å². The molecule has 0 bridgehead atoms. The van der Waals surface area contributed by atoms with Crippen molar-refractivity contribution < 1.29 is 0 Å². The molecule has 0 saturated heterocycles. The molecule has 0 heterocycles. The first-order valence-corrected chi connectivity index (χ1v) is 18.4. The maximum absolute atomic E-state index is 4.80. The van der Waals surface area contributed by atoms with E-state index >= 15 is 0 Å². The van der Waals surface area contributed by atoms with Gasteiger partial charge in [0.25, 0.3) is 0 Å². The van der Waals surface area contributed by atoms with Gasteiger partial charge in [-0.25, -0.2) is 0 Å². The molecule has 0 aliphatic carbocycles. The van der Waals surface area contributed by atoms with Crippen molar-refractivity contribution >= 4 is 22.4 Å². The molecule has 0 amide bonds. The summed E-state index contributed by atoms with van der Waals surface area (Å²) in [5, 5.41) is 3.04. The predicted octanol–water partition coefficient (Wildman–Crippen LogP) is 9.78. The van der Waals surface area contributed by atoms with Gasteiger partial charge in [-0.15, -0.1) is 13.2 Å². The largest absolute Gasteiger partial charge is 0.298 e. The Labute approximate surface area is 193 Å². The van der Waals surface area contributed by atoms with Crippen LogP contribution >= 0.6 is 0 Å². The summed E-state index contributed by atoms with van der Waals surface area (Å²) in [6, 6.07) is 8.36. The second-order valence-corrected chi connectivity index (χ2v) is 19.7. The maximum Gasteiger partial charge on any atom is 0.0856 e. The minimum atomic E-state index is -1.35. The van der Waals surface area contributed by atoms with Crippen molar-refractivity contribution in [3.63, 3.8) is 0 Å². The van der Waals surface area contributed by atoms with E-state index in [-0.39, 0.29) is 0 Å². The minimum absolute atomic E-state index is 1.02. The van der Waals surface area contributed by atoms with Crippen molar-refractivity contribution in [2.24, 2.45) is 4.99 Å². The first kappa shape index (κ1) is 29.6. The van der Waals surface area contributed by atoms with Crippen LogP contribution in [-0.4, -0.2) is 28.9 Å². The molecule has 30 heavy (non-hydrogen) atoms. The Morgan fingerprint density at radius 2 is 1.07 bits per heavy atom. The van der Waals surface area contributed by atoms with Crippen LogP contribution < -0.4 is 0 Å². The molecule has 0 aliphatic rings. The Morgan fingerprint density at radius 3 is 1.53 bits per heavy atom. The van der Waals surface area contributed by atoms with E-state index in [4.69, 9.17) is 4.99 Å². The fraction of sp³-hybridized carbons (Fsp3) is 0.815. The quantitative estimate of drug-likeness (QED) is 0.0995. The highest BCUT2D eigenvalue weighted by molar-refractivity contribution is 6.88. The number of allylic oxidation sites excluding steroid dienone is 2. The van der Waals surface area contributed by atoms with Gasteiger partial charge in [0.05, 0.1) is 16.1 Å². The summed E-state index contributed by atoms with van der Waals surface area (Å²) >= 11 is 0. The lowest BCUT2D eigenvalue weighted by Gasteiger charge is -2.32. The van der Waals surface area contributed by atoms with Crippen LogP contribution in [0.1, 0.15) is 99.3 Å². The fourth-order valence-corrected chi connectivity index (χ4v) is 14.5. The molecule has 0 saturated carbocycles. The number of rotatable bonds is 20. The first-order valence-electron chi connectivity index (χ1n) is 13.1. The van der Waals surface area contributed by atoms with E-state index in [1.165, 1.54) is 99.2 Å². The smallest absolute Gasteiger partial charge is 0.0856 e. The molecule has 0 aromatic rings. The molecule has 0 N–H and O–H groups in total. The predicted molar refractivity (Wildman–Crippen MR) is 148 cm³/mol. The third kappa shape index (κ3) is 10.7. The van der Waals surface area contributed by atoms with Gasteiger partial charge < -0.3 is 0 Å². The summed E-state index contributed by atoms with van der Waals surface area (Å²) in [6.45, 7) is 23.8. The van der Waals surface area contributed by atoms with E-state index in [1.807, 2.05) is 0 Å². The monoisotopic (exact) mass is 449 g/mol. The van der Waals surface area contributed by atoms with Crippen LogP contribution in [0.5, 0.6) is 0 Å². The van der Waals surface area contributed by atoms with Gasteiger partial charge in [-0.1, -0.05) is 120 Å². The average Bonchev–Trinajstić information content (AvgIpc) is 2.69. The highest BCUT2D eigenvalue weighted by Gasteiger charge is 2.31. The molecule has 0 fully saturated rings. The molecule has 0 unspecified atom stereocenters. The van der Waals surface area contributed by atoms with Gasteiger partial charge in [-0.05, 0) is 32.5 Å². The molecule has 0 spiro atoms. The summed E-state index contributed by atoms with van der Waals surface area (Å²) in [4.78, 5) is 4.80. The molecule has 0 atom stereocenters. The van der Waals surface area contributed by atoms with Crippen LogP contribution in [0.2, 0.25) is 36.3 Å². The Balaban J connectivity index is 4.21. The molecule has 0 aliphatic heterocycles. The summed E-state index contributed by atoms with van der Waals surface area (Å²) in [5.74, 6) is 0. The van der Waals surface area contributed by atoms with Crippen LogP contribution in [0.3, 0.4) is 0 Å². The molecule has 1 nitrogen and oxygen atoms in total. The number of unbranched alkanes of at least 4 members (excludes halogenated alkanes) is 4. The zero-order valence-electron chi connectivity index (χ0n) is 21.8. The fourth-order valence-electron chi connectivity index (χ4n) is 5.39. The zero-order chi connectivity index (χ0) is 22.9. The van der Waals surface area contributed by atoms with E-state index in [0.29, 0.717) is 0 Å². The molecule has 0 aromatic heterocycles. The van der Waals surface area contributed by atoms with Gasteiger partial charge in [-0.3, -0.25) is 4.99 Å². The average molecular weight is 450 g/mol. The van der Waals surface area contributed by atoms with Crippen molar-refractivity contribution in [1.29, 1.82) is 0 Å². The summed E-state index contributed by atoms with van der Waals surface area (Å²) in [6.07, 6.45) is 14.3. The third-order valence-electron chi connectivity index (χ3n) is 7.28. The van der Waals surface area contributed by atoms with Crippen LogP contribution in [0.25, 0.3) is 0 Å². The Morgan fingerprint density at radius 1 is 0.633 bits per heavy atom. The second kappa shape index (κ2) is 17.2. The van der Waals surface area contributed by atoms with Crippen molar-refractivity contribution in [3.05, 3.63) is 23.6 Å². The highest BCUT2D eigenvalue weighted by Crippen LogP contribution is 2.33. The van der Waals surface area contributed by atoms with Crippen LogP contribution in [0.4, 0.5) is 0 Å². The normalized spacial score (nSPS) is 12.6. The van der Waals surface area contributed by atoms with Gasteiger partial charge >= 0.3 is 0 Å².